The predicted octanol–water partition coefficient (Wildman–Crippen LogP) is 0.771. The monoisotopic (exact) mass is 315 g/mol. The summed E-state index contributed by atoms with van der Waals surface area (Å²) in [6.07, 6.45) is 1.99. The second kappa shape index (κ2) is 5.90. The average molecular weight is 315 g/mol. The Kier molecular flexibility index (Phi) is 4.41. The molecule has 20 heavy (non-hydrogen) atoms. The molecule has 2 rings (SSSR count). The van der Waals surface area contributed by atoms with Gasteiger partial charge >= 0.3 is 0 Å². The Balaban J connectivity index is 2.01. The van der Waals surface area contributed by atoms with E-state index < -0.39 is 10.0 Å². The Morgan fingerprint density at radius 3 is 2.80 bits per heavy atom. The van der Waals surface area contributed by atoms with Crippen LogP contribution in [0.4, 0.5) is 5.82 Å². The Bertz CT molecular complexity index is 689. The van der Waals surface area contributed by atoms with Crippen LogP contribution in [-0.4, -0.2) is 29.7 Å². The van der Waals surface area contributed by atoms with E-state index in [0.29, 0.717) is 13.0 Å². The second-order valence-electron chi connectivity index (χ2n) is 4.26. The minimum Gasteiger partial charge on any atom is -0.381 e. The van der Waals surface area contributed by atoms with Crippen LogP contribution in [0.2, 0.25) is 0 Å². The van der Waals surface area contributed by atoms with E-state index in [1.54, 1.807) is 0 Å². The van der Waals surface area contributed by atoms with E-state index in [4.69, 9.17) is 5.73 Å². The van der Waals surface area contributed by atoms with Gasteiger partial charge in [0.2, 0.25) is 10.0 Å². The highest BCUT2D eigenvalue weighted by atomic mass is 32.2. The van der Waals surface area contributed by atoms with E-state index >= 15 is 0 Å². The van der Waals surface area contributed by atoms with Gasteiger partial charge in [0.15, 0.2) is 5.82 Å². The summed E-state index contributed by atoms with van der Waals surface area (Å²) < 4.78 is 28.2. The summed E-state index contributed by atoms with van der Waals surface area (Å²) in [4.78, 5) is 4.30. The number of sulfonamides is 1. The average Bonchev–Trinajstić information content (AvgIpc) is 2.95. The number of aryl methyl sites for hydroxylation is 2. The molecule has 0 saturated carbocycles. The first-order valence-electron chi connectivity index (χ1n) is 6.16. The van der Waals surface area contributed by atoms with Gasteiger partial charge in [-0.25, -0.2) is 18.1 Å². The van der Waals surface area contributed by atoms with E-state index in [9.17, 15) is 8.42 Å². The molecule has 0 atom stereocenters. The quantitative estimate of drug-likeness (QED) is 0.819. The van der Waals surface area contributed by atoms with Crippen LogP contribution in [0.15, 0.2) is 16.5 Å². The highest BCUT2D eigenvalue weighted by molar-refractivity contribution is 7.89. The van der Waals surface area contributed by atoms with Crippen molar-refractivity contribution in [1.29, 1.82) is 0 Å². The third-order valence-corrected chi connectivity index (χ3v) is 5.17. The van der Waals surface area contributed by atoms with E-state index in [1.165, 1.54) is 22.2 Å². The highest BCUT2D eigenvalue weighted by Gasteiger charge is 2.20. The van der Waals surface area contributed by atoms with Crippen molar-refractivity contribution in [3.8, 4) is 0 Å². The first-order chi connectivity index (χ1) is 9.42. The Hall–Kier alpha value is -1.45. The van der Waals surface area contributed by atoms with Gasteiger partial charge in [-0.15, -0.1) is 11.3 Å². The number of hydrogen-bond donors (Lipinski definition) is 2. The molecule has 0 aromatic carbocycles. The Morgan fingerprint density at radius 2 is 2.25 bits per heavy atom. The third-order valence-electron chi connectivity index (χ3n) is 2.67. The van der Waals surface area contributed by atoms with Crippen molar-refractivity contribution >= 4 is 27.2 Å². The zero-order chi connectivity index (χ0) is 14.8. The van der Waals surface area contributed by atoms with Crippen LogP contribution in [0.3, 0.4) is 0 Å². The number of thiazole rings is 1. The van der Waals surface area contributed by atoms with Gasteiger partial charge in [0.05, 0.1) is 5.01 Å². The largest absolute Gasteiger partial charge is 0.381 e. The molecule has 110 valence electrons. The lowest BCUT2D eigenvalue weighted by atomic mass is 10.4. The number of nitrogens with two attached hydrogens (primary N) is 1. The van der Waals surface area contributed by atoms with E-state index in [2.05, 4.69) is 14.8 Å². The van der Waals surface area contributed by atoms with Crippen LogP contribution in [-0.2, 0) is 23.0 Å². The van der Waals surface area contributed by atoms with E-state index in [1.807, 2.05) is 19.2 Å². The highest BCUT2D eigenvalue weighted by Crippen LogP contribution is 2.16. The fourth-order valence-electron chi connectivity index (χ4n) is 1.67. The van der Waals surface area contributed by atoms with Crippen molar-refractivity contribution in [1.82, 2.24) is 19.5 Å². The summed E-state index contributed by atoms with van der Waals surface area (Å²) >= 11 is 1.52. The molecule has 0 saturated heterocycles. The molecule has 3 N–H and O–H groups in total. The van der Waals surface area contributed by atoms with Crippen LogP contribution >= 0.6 is 11.3 Å². The van der Waals surface area contributed by atoms with Gasteiger partial charge in [0, 0.05) is 36.8 Å². The number of nitrogen functional groups attached to an aromatic ring is 1. The van der Waals surface area contributed by atoms with Crippen molar-refractivity contribution in [3.05, 3.63) is 22.3 Å². The molecule has 7 nitrogen and oxygen atoms in total. The summed E-state index contributed by atoms with van der Waals surface area (Å²) in [5.74, 6) is 0.0180. The first kappa shape index (κ1) is 14.9. The number of nitrogens with zero attached hydrogens (tertiary/aromatic N) is 3. The van der Waals surface area contributed by atoms with Gasteiger partial charge in [-0.05, 0) is 13.8 Å². The lowest BCUT2D eigenvalue weighted by molar-refractivity contribution is 0.581. The minimum atomic E-state index is -3.63. The maximum absolute atomic E-state index is 12.1. The molecule has 0 bridgehead atoms. The zero-order valence-corrected chi connectivity index (χ0v) is 13.0. The predicted molar refractivity (Wildman–Crippen MR) is 78.1 cm³/mol. The minimum absolute atomic E-state index is 0.0180. The van der Waals surface area contributed by atoms with Crippen molar-refractivity contribution in [2.75, 3.05) is 12.3 Å². The topological polar surface area (TPSA) is 103 Å². The fourth-order valence-corrected chi connectivity index (χ4v) is 3.55. The summed E-state index contributed by atoms with van der Waals surface area (Å²) in [5.41, 5.74) is 6.57. The number of rotatable bonds is 6. The fraction of sp³-hybridized carbons (Fsp3) is 0.455. The maximum Gasteiger partial charge on any atom is 0.245 e. The summed E-state index contributed by atoms with van der Waals surface area (Å²) in [6, 6.07) is 0. The standard InChI is InChI=1S/C11H17N5O2S2/c1-3-16-6-9(11(12)15-16)20(17,18)13-5-4-10-14-8(2)7-19-10/h6-7,13H,3-5H2,1-2H3,(H2,12,15). The molecule has 9 heteroatoms. The zero-order valence-electron chi connectivity index (χ0n) is 11.3. The third kappa shape index (κ3) is 3.35. The van der Waals surface area contributed by atoms with Gasteiger partial charge < -0.3 is 5.73 Å². The number of anilines is 1. The van der Waals surface area contributed by atoms with Crippen LogP contribution in [0, 0.1) is 6.92 Å². The normalized spacial score (nSPS) is 11.9. The molecule has 0 fully saturated rings. The molecule has 0 unspecified atom stereocenters. The van der Waals surface area contributed by atoms with Gasteiger partial charge in [-0.1, -0.05) is 0 Å². The molecule has 2 heterocycles. The van der Waals surface area contributed by atoms with Gasteiger partial charge in [0.1, 0.15) is 4.90 Å². The second-order valence-corrected chi connectivity index (χ2v) is 6.94. The summed E-state index contributed by atoms with van der Waals surface area (Å²) in [7, 11) is -3.63. The molecule has 0 aliphatic rings. The lowest BCUT2D eigenvalue weighted by Gasteiger charge is -2.03. The Morgan fingerprint density at radius 1 is 1.50 bits per heavy atom. The van der Waals surface area contributed by atoms with Crippen molar-refractivity contribution < 1.29 is 8.42 Å². The van der Waals surface area contributed by atoms with Crippen molar-refractivity contribution in [2.24, 2.45) is 0 Å². The SMILES string of the molecule is CCn1cc(S(=O)(=O)NCCc2nc(C)cs2)c(N)n1. The molecule has 0 radical (unpaired) electrons. The molecular formula is C11H17N5O2S2. The number of nitrogens with one attached hydrogen (secondary N) is 1. The molecule has 2 aromatic heterocycles. The number of hydrogen-bond acceptors (Lipinski definition) is 6. The number of aromatic nitrogens is 3. The molecule has 0 amide bonds. The van der Waals surface area contributed by atoms with Crippen molar-refractivity contribution in [2.45, 2.75) is 31.7 Å². The summed E-state index contributed by atoms with van der Waals surface area (Å²) in [6.45, 7) is 4.62. The van der Waals surface area contributed by atoms with Crippen LogP contribution in [0.25, 0.3) is 0 Å². The van der Waals surface area contributed by atoms with Crippen molar-refractivity contribution in [3.63, 3.8) is 0 Å². The smallest absolute Gasteiger partial charge is 0.245 e. The van der Waals surface area contributed by atoms with Gasteiger partial charge in [0.25, 0.3) is 0 Å². The Labute approximate surface area is 121 Å². The maximum atomic E-state index is 12.1. The molecule has 0 aliphatic heterocycles. The van der Waals surface area contributed by atoms with Crippen LogP contribution in [0.1, 0.15) is 17.6 Å². The molecular weight excluding hydrogens is 298 g/mol. The first-order valence-corrected chi connectivity index (χ1v) is 8.52. The van der Waals surface area contributed by atoms with E-state index in [0.717, 1.165) is 10.7 Å². The lowest BCUT2D eigenvalue weighted by Crippen LogP contribution is -2.26. The van der Waals surface area contributed by atoms with Gasteiger partial charge in [-0.3, -0.25) is 4.68 Å². The van der Waals surface area contributed by atoms with Crippen LogP contribution in [0.5, 0.6) is 0 Å². The van der Waals surface area contributed by atoms with Gasteiger partial charge in [-0.2, -0.15) is 5.10 Å². The molecule has 0 spiro atoms. The molecule has 2 aromatic rings. The summed E-state index contributed by atoms with van der Waals surface area (Å²) in [5, 5.41) is 6.77. The molecule has 0 aliphatic carbocycles. The van der Waals surface area contributed by atoms with Crippen LogP contribution < -0.4 is 10.5 Å². The van der Waals surface area contributed by atoms with E-state index in [-0.39, 0.29) is 17.3 Å².